The molecule has 1 aromatic carbocycles. The van der Waals surface area contributed by atoms with Gasteiger partial charge in [0.25, 0.3) is 0 Å². The Hall–Kier alpha value is -2.28. The average Bonchev–Trinajstić information content (AvgIpc) is 2.37. The van der Waals surface area contributed by atoms with Crippen LogP contribution in [0.15, 0.2) is 12.1 Å². The molecule has 7 nitrogen and oxygen atoms in total. The number of benzene rings is 1. The molecular weight excluding hydrogens is 264 g/mol. The third-order valence-electron chi connectivity index (χ3n) is 2.58. The second-order valence-electron chi connectivity index (χ2n) is 4.13. The van der Waals surface area contributed by atoms with E-state index in [-0.39, 0.29) is 23.7 Å². The lowest BCUT2D eigenvalue weighted by atomic mass is 10.0. The third-order valence-corrected chi connectivity index (χ3v) is 2.58. The van der Waals surface area contributed by atoms with Gasteiger partial charge in [-0.05, 0) is 17.7 Å². The lowest BCUT2D eigenvalue weighted by Gasteiger charge is -2.17. The van der Waals surface area contributed by atoms with Gasteiger partial charge in [-0.15, -0.1) is 0 Å². The number of nitrogens with two attached hydrogens (primary N) is 2. The van der Waals surface area contributed by atoms with Crippen molar-refractivity contribution in [2.45, 2.75) is 19.4 Å². The van der Waals surface area contributed by atoms with Gasteiger partial charge >= 0.3 is 5.97 Å². The van der Waals surface area contributed by atoms with Gasteiger partial charge in [-0.3, -0.25) is 9.59 Å². The van der Waals surface area contributed by atoms with E-state index in [0.29, 0.717) is 5.56 Å². The van der Waals surface area contributed by atoms with Crippen LogP contribution in [0.2, 0.25) is 0 Å². The molecule has 20 heavy (non-hydrogen) atoms. The number of primary amides is 1. The quantitative estimate of drug-likeness (QED) is 0.580. The smallest absolute Gasteiger partial charge is 0.308 e. The van der Waals surface area contributed by atoms with Crippen LogP contribution in [0.25, 0.3) is 0 Å². The molecule has 0 bridgehead atoms. The number of hydrogen-bond donors (Lipinski definition) is 2. The molecule has 0 aliphatic heterocycles. The highest BCUT2D eigenvalue weighted by Gasteiger charge is 2.19. The summed E-state index contributed by atoms with van der Waals surface area (Å²) in [6.45, 7) is 1.27. The molecular formula is C13H18N2O5. The fraction of sp³-hybridized carbons (Fsp3) is 0.385. The minimum Gasteiger partial charge on any atom is -0.493 e. The maximum absolute atomic E-state index is 11.1. The Labute approximate surface area is 116 Å². The van der Waals surface area contributed by atoms with E-state index in [1.807, 2.05) is 0 Å². The molecule has 1 amide bonds. The largest absolute Gasteiger partial charge is 0.493 e. The second-order valence-corrected chi connectivity index (χ2v) is 4.13. The number of amides is 1. The van der Waals surface area contributed by atoms with Gasteiger partial charge in [0.15, 0.2) is 11.5 Å². The number of esters is 1. The molecule has 4 N–H and O–H groups in total. The van der Waals surface area contributed by atoms with Crippen LogP contribution in [0, 0.1) is 0 Å². The van der Waals surface area contributed by atoms with Crippen molar-refractivity contribution in [3.63, 3.8) is 0 Å². The molecule has 1 rings (SSSR count). The summed E-state index contributed by atoms with van der Waals surface area (Å²) in [5.41, 5.74) is 11.6. The van der Waals surface area contributed by atoms with Crippen molar-refractivity contribution in [2.75, 3.05) is 14.2 Å². The van der Waals surface area contributed by atoms with Crippen LogP contribution >= 0.6 is 0 Å². The van der Waals surface area contributed by atoms with E-state index in [0.717, 1.165) is 0 Å². The Kier molecular flexibility index (Phi) is 5.33. The molecule has 110 valence electrons. The highest BCUT2D eigenvalue weighted by Crippen LogP contribution is 2.40. The molecule has 1 aromatic rings. The molecule has 0 aliphatic rings. The molecule has 0 aliphatic carbocycles. The van der Waals surface area contributed by atoms with Crippen molar-refractivity contribution < 1.29 is 23.8 Å². The van der Waals surface area contributed by atoms with Crippen molar-refractivity contribution in [2.24, 2.45) is 11.5 Å². The first-order valence-corrected chi connectivity index (χ1v) is 5.87. The monoisotopic (exact) mass is 282 g/mol. The first-order chi connectivity index (χ1) is 9.38. The zero-order valence-electron chi connectivity index (χ0n) is 11.6. The number of methoxy groups -OCH3 is 2. The fourth-order valence-electron chi connectivity index (χ4n) is 1.69. The summed E-state index contributed by atoms with van der Waals surface area (Å²) in [5.74, 6) is -0.281. The summed E-state index contributed by atoms with van der Waals surface area (Å²) in [4.78, 5) is 22.0. The highest BCUT2D eigenvalue weighted by atomic mass is 16.6. The normalized spacial score (nSPS) is 11.6. The van der Waals surface area contributed by atoms with E-state index in [9.17, 15) is 9.59 Å². The number of hydrogen-bond acceptors (Lipinski definition) is 6. The average molecular weight is 282 g/mol. The Morgan fingerprint density at radius 1 is 1.20 bits per heavy atom. The molecule has 0 radical (unpaired) electrons. The van der Waals surface area contributed by atoms with Crippen LogP contribution < -0.4 is 25.7 Å². The second kappa shape index (κ2) is 6.76. The van der Waals surface area contributed by atoms with Crippen molar-refractivity contribution in [3.05, 3.63) is 17.7 Å². The van der Waals surface area contributed by atoms with Crippen molar-refractivity contribution >= 4 is 11.9 Å². The minimum atomic E-state index is -0.596. The molecule has 0 aromatic heterocycles. The summed E-state index contributed by atoms with van der Waals surface area (Å²) in [7, 11) is 2.84. The number of carbonyl (C=O) groups excluding carboxylic acids is 2. The number of carbonyl (C=O) groups is 2. The van der Waals surface area contributed by atoms with Gasteiger partial charge < -0.3 is 25.7 Å². The highest BCUT2D eigenvalue weighted by molar-refractivity contribution is 5.75. The van der Waals surface area contributed by atoms with E-state index in [2.05, 4.69) is 0 Å². The Morgan fingerprint density at radius 3 is 2.05 bits per heavy atom. The topological polar surface area (TPSA) is 114 Å². The Bertz CT molecular complexity index is 490. The van der Waals surface area contributed by atoms with Crippen LogP contribution in [-0.2, 0) is 9.59 Å². The minimum absolute atomic E-state index is 0.0147. The van der Waals surface area contributed by atoms with E-state index in [1.165, 1.54) is 21.1 Å². The molecule has 0 spiro atoms. The predicted molar refractivity (Wildman–Crippen MR) is 71.6 cm³/mol. The van der Waals surface area contributed by atoms with Crippen LogP contribution in [-0.4, -0.2) is 26.1 Å². The zero-order chi connectivity index (χ0) is 15.3. The van der Waals surface area contributed by atoms with Gasteiger partial charge in [0, 0.05) is 19.4 Å². The van der Waals surface area contributed by atoms with Gasteiger partial charge in [-0.1, -0.05) is 0 Å². The molecule has 1 unspecified atom stereocenters. The summed E-state index contributed by atoms with van der Waals surface area (Å²) >= 11 is 0. The molecule has 7 heteroatoms. The zero-order valence-corrected chi connectivity index (χ0v) is 11.6. The van der Waals surface area contributed by atoms with Gasteiger partial charge in [0.2, 0.25) is 11.7 Å². The first-order valence-electron chi connectivity index (χ1n) is 5.87. The lowest BCUT2D eigenvalue weighted by molar-refractivity contribution is -0.132. The third kappa shape index (κ3) is 3.86. The molecule has 0 saturated carbocycles. The molecule has 0 saturated heterocycles. The van der Waals surface area contributed by atoms with E-state index in [4.69, 9.17) is 25.7 Å². The van der Waals surface area contributed by atoms with Gasteiger partial charge in [-0.25, -0.2) is 0 Å². The maximum atomic E-state index is 11.1. The standard InChI is InChI=1S/C13H18N2O5/c1-7(16)20-13-10(18-2)4-8(5-11(13)19-3)9(14)6-12(15)17/h4-5,9H,6,14H2,1-3H3,(H2,15,17). The first kappa shape index (κ1) is 15.8. The summed E-state index contributed by atoms with van der Waals surface area (Å²) in [5, 5.41) is 0. The maximum Gasteiger partial charge on any atom is 0.308 e. The summed E-state index contributed by atoms with van der Waals surface area (Å²) < 4.78 is 15.4. The predicted octanol–water partition coefficient (Wildman–Crippen LogP) is 0.504. The van der Waals surface area contributed by atoms with Crippen LogP contribution in [0.4, 0.5) is 0 Å². The van der Waals surface area contributed by atoms with Crippen LogP contribution in [0.3, 0.4) is 0 Å². The van der Waals surface area contributed by atoms with E-state index < -0.39 is 17.9 Å². The summed E-state index contributed by atoms with van der Waals surface area (Å²) in [6, 6.07) is 2.56. The van der Waals surface area contributed by atoms with E-state index >= 15 is 0 Å². The molecule has 0 fully saturated rings. The fourth-order valence-corrected chi connectivity index (χ4v) is 1.69. The lowest BCUT2D eigenvalue weighted by Crippen LogP contribution is -2.20. The van der Waals surface area contributed by atoms with Gasteiger partial charge in [0.1, 0.15) is 0 Å². The Balaban J connectivity index is 3.24. The van der Waals surface area contributed by atoms with Gasteiger partial charge in [0.05, 0.1) is 14.2 Å². The van der Waals surface area contributed by atoms with Crippen molar-refractivity contribution in [3.8, 4) is 17.2 Å². The van der Waals surface area contributed by atoms with Crippen LogP contribution in [0.5, 0.6) is 17.2 Å². The van der Waals surface area contributed by atoms with Crippen molar-refractivity contribution in [1.82, 2.24) is 0 Å². The SMILES string of the molecule is COc1cc(C(N)CC(N)=O)cc(OC)c1OC(C)=O. The van der Waals surface area contributed by atoms with Crippen molar-refractivity contribution in [1.29, 1.82) is 0 Å². The molecule has 0 heterocycles. The Morgan fingerprint density at radius 2 is 1.70 bits per heavy atom. The van der Waals surface area contributed by atoms with E-state index in [1.54, 1.807) is 12.1 Å². The molecule has 1 atom stereocenters. The number of ether oxygens (including phenoxy) is 3. The number of rotatable bonds is 6. The summed E-state index contributed by atoms with van der Waals surface area (Å²) in [6.07, 6.45) is -0.0147. The van der Waals surface area contributed by atoms with Crippen LogP contribution in [0.1, 0.15) is 24.9 Å². The van der Waals surface area contributed by atoms with Gasteiger partial charge in [-0.2, -0.15) is 0 Å².